The number of nitrogens with two attached hydrogens (primary N) is 1. The number of methoxy groups -OCH3 is 1. The van der Waals surface area contributed by atoms with Crippen molar-refractivity contribution in [3.8, 4) is 17.3 Å². The van der Waals surface area contributed by atoms with E-state index in [1.54, 1.807) is 13.4 Å². The molecule has 0 aliphatic carbocycles. The van der Waals surface area contributed by atoms with Crippen molar-refractivity contribution >= 4 is 11.1 Å². The van der Waals surface area contributed by atoms with Gasteiger partial charge in [-0.15, -0.1) is 0 Å². The Labute approximate surface area is 109 Å². The van der Waals surface area contributed by atoms with Crippen LogP contribution in [0, 0.1) is 0 Å². The van der Waals surface area contributed by atoms with Crippen molar-refractivity contribution in [1.82, 2.24) is 14.5 Å². The number of nitrogens with zero attached hydrogens (tertiary/aromatic N) is 3. The SMILES string of the molecule is COc1cccc2oc(-c3cn(CCN)cn3)nc12. The minimum atomic E-state index is 0.482. The summed E-state index contributed by atoms with van der Waals surface area (Å²) >= 11 is 0. The summed E-state index contributed by atoms with van der Waals surface area (Å²) < 4.78 is 12.8. The Hall–Kier alpha value is -2.34. The number of para-hydroxylation sites is 1. The van der Waals surface area contributed by atoms with Gasteiger partial charge in [0.05, 0.1) is 13.4 Å². The summed E-state index contributed by atoms with van der Waals surface area (Å²) in [7, 11) is 1.61. The second kappa shape index (κ2) is 4.74. The van der Waals surface area contributed by atoms with Crippen LogP contribution in [-0.2, 0) is 6.54 Å². The van der Waals surface area contributed by atoms with E-state index < -0.39 is 0 Å². The maximum absolute atomic E-state index is 5.69. The normalized spacial score (nSPS) is 11.1. The fourth-order valence-electron chi connectivity index (χ4n) is 1.94. The lowest BCUT2D eigenvalue weighted by Crippen LogP contribution is -2.07. The van der Waals surface area contributed by atoms with Crippen molar-refractivity contribution in [2.75, 3.05) is 13.7 Å². The van der Waals surface area contributed by atoms with E-state index >= 15 is 0 Å². The first-order valence-corrected chi connectivity index (χ1v) is 5.97. The number of hydrogen-bond acceptors (Lipinski definition) is 5. The molecule has 3 rings (SSSR count). The van der Waals surface area contributed by atoms with Gasteiger partial charge in [0.1, 0.15) is 11.4 Å². The van der Waals surface area contributed by atoms with E-state index in [1.165, 1.54) is 0 Å². The van der Waals surface area contributed by atoms with Crippen LogP contribution in [0.2, 0.25) is 0 Å². The summed E-state index contributed by atoms with van der Waals surface area (Å²) in [5, 5.41) is 0. The van der Waals surface area contributed by atoms with Gasteiger partial charge in [-0.2, -0.15) is 0 Å². The third-order valence-electron chi connectivity index (χ3n) is 2.84. The first-order valence-electron chi connectivity index (χ1n) is 5.97. The number of hydrogen-bond donors (Lipinski definition) is 1. The number of aromatic nitrogens is 3. The molecule has 1 aromatic carbocycles. The molecule has 2 heterocycles. The standard InChI is InChI=1S/C13H14N4O2/c1-18-10-3-2-4-11-12(10)16-13(19-11)9-7-17(6-5-14)8-15-9/h2-4,7-8H,5-6,14H2,1H3. The van der Waals surface area contributed by atoms with Gasteiger partial charge >= 0.3 is 0 Å². The highest BCUT2D eigenvalue weighted by Gasteiger charge is 2.13. The van der Waals surface area contributed by atoms with Crippen molar-refractivity contribution in [1.29, 1.82) is 0 Å². The summed E-state index contributed by atoms with van der Waals surface area (Å²) in [5.41, 5.74) is 7.58. The van der Waals surface area contributed by atoms with E-state index in [1.807, 2.05) is 29.0 Å². The molecule has 2 aromatic heterocycles. The van der Waals surface area contributed by atoms with Crippen LogP contribution < -0.4 is 10.5 Å². The molecule has 6 heteroatoms. The lowest BCUT2D eigenvalue weighted by Gasteiger charge is -1.96. The number of imidazole rings is 1. The fourth-order valence-corrected chi connectivity index (χ4v) is 1.94. The zero-order chi connectivity index (χ0) is 13.2. The zero-order valence-corrected chi connectivity index (χ0v) is 10.5. The molecule has 0 atom stereocenters. The molecule has 0 aliphatic heterocycles. The molecule has 0 amide bonds. The van der Waals surface area contributed by atoms with Gasteiger partial charge in [-0.1, -0.05) is 6.07 Å². The highest BCUT2D eigenvalue weighted by molar-refractivity contribution is 5.81. The molecule has 0 bridgehead atoms. The average molecular weight is 258 g/mol. The Bertz CT molecular complexity index is 702. The second-order valence-electron chi connectivity index (χ2n) is 4.11. The Morgan fingerprint density at radius 2 is 2.32 bits per heavy atom. The molecular formula is C13H14N4O2. The molecule has 98 valence electrons. The van der Waals surface area contributed by atoms with E-state index in [0.29, 0.717) is 35.0 Å². The van der Waals surface area contributed by atoms with Gasteiger partial charge in [0.15, 0.2) is 11.1 Å². The monoisotopic (exact) mass is 258 g/mol. The first-order chi connectivity index (χ1) is 9.31. The maximum atomic E-state index is 5.69. The van der Waals surface area contributed by atoms with Gasteiger partial charge < -0.3 is 19.5 Å². The molecule has 6 nitrogen and oxygen atoms in total. The fraction of sp³-hybridized carbons (Fsp3) is 0.231. The summed E-state index contributed by atoms with van der Waals surface area (Å²) in [6, 6.07) is 5.57. The van der Waals surface area contributed by atoms with E-state index in [-0.39, 0.29) is 0 Å². The number of rotatable bonds is 4. The predicted octanol–water partition coefficient (Wildman–Crippen LogP) is 1.66. The van der Waals surface area contributed by atoms with Gasteiger partial charge in [0.2, 0.25) is 5.89 Å². The molecule has 0 unspecified atom stereocenters. The molecule has 0 aliphatic rings. The Morgan fingerprint density at radius 1 is 1.42 bits per heavy atom. The molecule has 2 N–H and O–H groups in total. The molecule has 0 spiro atoms. The predicted molar refractivity (Wildman–Crippen MR) is 70.8 cm³/mol. The summed E-state index contributed by atoms with van der Waals surface area (Å²) in [6.45, 7) is 1.29. The van der Waals surface area contributed by atoms with E-state index in [4.69, 9.17) is 14.9 Å². The Balaban J connectivity index is 2.04. The minimum absolute atomic E-state index is 0.482. The number of benzene rings is 1. The third kappa shape index (κ3) is 2.06. The van der Waals surface area contributed by atoms with Crippen LogP contribution in [0.15, 0.2) is 35.1 Å². The Morgan fingerprint density at radius 3 is 3.11 bits per heavy atom. The van der Waals surface area contributed by atoms with Crippen LogP contribution in [0.5, 0.6) is 5.75 Å². The maximum Gasteiger partial charge on any atom is 0.247 e. The van der Waals surface area contributed by atoms with Gasteiger partial charge in [0, 0.05) is 19.3 Å². The molecule has 0 saturated carbocycles. The average Bonchev–Trinajstić information content (AvgIpc) is 3.04. The summed E-state index contributed by atoms with van der Waals surface area (Å²) in [5.74, 6) is 1.17. The second-order valence-corrected chi connectivity index (χ2v) is 4.11. The summed E-state index contributed by atoms with van der Waals surface area (Å²) in [6.07, 6.45) is 3.58. The van der Waals surface area contributed by atoms with Crippen LogP contribution in [0.3, 0.4) is 0 Å². The molecule has 3 aromatic rings. The molecule has 0 fully saturated rings. The van der Waals surface area contributed by atoms with Crippen molar-refractivity contribution in [2.24, 2.45) is 5.73 Å². The smallest absolute Gasteiger partial charge is 0.247 e. The summed E-state index contributed by atoms with van der Waals surface area (Å²) in [4.78, 5) is 8.69. The zero-order valence-electron chi connectivity index (χ0n) is 10.5. The largest absolute Gasteiger partial charge is 0.494 e. The van der Waals surface area contributed by atoms with Crippen LogP contribution in [0.25, 0.3) is 22.7 Å². The van der Waals surface area contributed by atoms with E-state index in [0.717, 1.165) is 6.54 Å². The van der Waals surface area contributed by atoms with Crippen LogP contribution >= 0.6 is 0 Å². The lowest BCUT2D eigenvalue weighted by atomic mass is 10.3. The highest BCUT2D eigenvalue weighted by atomic mass is 16.5. The van der Waals surface area contributed by atoms with Crippen molar-refractivity contribution < 1.29 is 9.15 Å². The molecule has 0 radical (unpaired) electrons. The van der Waals surface area contributed by atoms with Crippen molar-refractivity contribution in [3.05, 3.63) is 30.7 Å². The molecule has 0 saturated heterocycles. The lowest BCUT2D eigenvalue weighted by molar-refractivity contribution is 0.419. The number of oxazole rings is 1. The van der Waals surface area contributed by atoms with E-state index in [9.17, 15) is 0 Å². The highest BCUT2D eigenvalue weighted by Crippen LogP contribution is 2.29. The number of ether oxygens (including phenoxy) is 1. The van der Waals surface area contributed by atoms with Gasteiger partial charge in [-0.05, 0) is 12.1 Å². The van der Waals surface area contributed by atoms with Crippen molar-refractivity contribution in [2.45, 2.75) is 6.54 Å². The third-order valence-corrected chi connectivity index (χ3v) is 2.84. The van der Waals surface area contributed by atoms with Crippen LogP contribution in [-0.4, -0.2) is 28.2 Å². The Kier molecular flexibility index (Phi) is 2.92. The van der Waals surface area contributed by atoms with Gasteiger partial charge in [-0.3, -0.25) is 0 Å². The van der Waals surface area contributed by atoms with Crippen LogP contribution in [0.1, 0.15) is 0 Å². The van der Waals surface area contributed by atoms with Gasteiger partial charge in [0.25, 0.3) is 0 Å². The minimum Gasteiger partial charge on any atom is -0.494 e. The molecule has 19 heavy (non-hydrogen) atoms. The van der Waals surface area contributed by atoms with Gasteiger partial charge in [-0.25, -0.2) is 9.97 Å². The quantitative estimate of drug-likeness (QED) is 0.769. The van der Waals surface area contributed by atoms with Crippen molar-refractivity contribution in [3.63, 3.8) is 0 Å². The number of fused-ring (bicyclic) bond motifs is 1. The van der Waals surface area contributed by atoms with E-state index in [2.05, 4.69) is 9.97 Å². The first kappa shape index (κ1) is 11.7. The van der Waals surface area contributed by atoms with Crippen LogP contribution in [0.4, 0.5) is 0 Å². The molecular weight excluding hydrogens is 244 g/mol. The topological polar surface area (TPSA) is 79.1 Å².